The van der Waals surface area contributed by atoms with Gasteiger partial charge in [-0.25, -0.2) is 9.97 Å². The van der Waals surface area contributed by atoms with Gasteiger partial charge in [-0.2, -0.15) is 0 Å². The zero-order chi connectivity index (χ0) is 17.4. The number of amides is 1. The number of para-hydroxylation sites is 2. The highest BCUT2D eigenvalue weighted by molar-refractivity contribution is 5.92. The van der Waals surface area contributed by atoms with Crippen LogP contribution in [0.25, 0.3) is 11.0 Å². The van der Waals surface area contributed by atoms with E-state index in [1.54, 1.807) is 4.90 Å². The van der Waals surface area contributed by atoms with Gasteiger partial charge in [0.1, 0.15) is 11.5 Å². The van der Waals surface area contributed by atoms with Gasteiger partial charge in [0.2, 0.25) is 0 Å². The second kappa shape index (κ2) is 6.16. The quantitative estimate of drug-likeness (QED) is 0.771. The predicted octanol–water partition coefficient (Wildman–Crippen LogP) is 1.68. The van der Waals surface area contributed by atoms with E-state index in [4.69, 9.17) is 4.98 Å². The number of nitrogens with one attached hydrogen (secondary N) is 1. The van der Waals surface area contributed by atoms with Crippen LogP contribution >= 0.6 is 0 Å². The minimum absolute atomic E-state index is 0.139. The van der Waals surface area contributed by atoms with Crippen LogP contribution in [0.1, 0.15) is 35.1 Å². The van der Waals surface area contributed by atoms with Crippen LogP contribution in [0, 0.1) is 0 Å². The third-order valence-corrected chi connectivity index (χ3v) is 4.86. The Balaban J connectivity index is 1.49. The summed E-state index contributed by atoms with van der Waals surface area (Å²) in [5.74, 6) is 1.28. The van der Waals surface area contributed by atoms with Gasteiger partial charge in [-0.3, -0.25) is 9.59 Å². The molecule has 0 atom stereocenters. The number of aromatic nitrogens is 4. The SMILES string of the molecule is Cn1c(C2CCN(C(=O)c3c[nH]c(=O)cn3)CC2)nc2ccccc21. The fraction of sp³-hybridized carbons (Fsp3) is 0.333. The Morgan fingerprint density at radius 2 is 2.00 bits per heavy atom. The maximum Gasteiger partial charge on any atom is 0.273 e. The number of fused-ring (bicyclic) bond motifs is 1. The first kappa shape index (κ1) is 15.6. The van der Waals surface area contributed by atoms with Crippen molar-refractivity contribution in [1.29, 1.82) is 0 Å². The van der Waals surface area contributed by atoms with Gasteiger partial charge in [-0.1, -0.05) is 12.1 Å². The lowest BCUT2D eigenvalue weighted by Gasteiger charge is -2.31. The molecule has 4 rings (SSSR count). The maximum atomic E-state index is 12.5. The second-order valence-electron chi connectivity index (χ2n) is 6.38. The molecule has 0 aliphatic carbocycles. The number of piperidine rings is 1. The molecule has 0 bridgehead atoms. The van der Waals surface area contributed by atoms with Crippen molar-refractivity contribution in [1.82, 2.24) is 24.4 Å². The van der Waals surface area contributed by atoms with Crippen LogP contribution in [0.2, 0.25) is 0 Å². The van der Waals surface area contributed by atoms with E-state index in [1.165, 1.54) is 6.20 Å². The Labute approximate surface area is 144 Å². The highest BCUT2D eigenvalue weighted by atomic mass is 16.2. The van der Waals surface area contributed by atoms with Crippen LogP contribution in [0.5, 0.6) is 0 Å². The van der Waals surface area contributed by atoms with Crippen LogP contribution in [0.3, 0.4) is 0 Å². The average molecular weight is 337 g/mol. The Morgan fingerprint density at radius 3 is 2.68 bits per heavy atom. The van der Waals surface area contributed by atoms with Gasteiger partial charge in [-0.15, -0.1) is 0 Å². The number of H-pyrrole nitrogens is 1. The molecule has 0 saturated carbocycles. The highest BCUT2D eigenvalue weighted by Gasteiger charge is 2.27. The molecular weight excluding hydrogens is 318 g/mol. The molecule has 0 unspecified atom stereocenters. The molecular formula is C18H19N5O2. The summed E-state index contributed by atoms with van der Waals surface area (Å²) in [5, 5.41) is 0. The van der Waals surface area contributed by atoms with Gasteiger partial charge >= 0.3 is 0 Å². The number of aromatic amines is 1. The van der Waals surface area contributed by atoms with Crippen molar-refractivity contribution in [3.63, 3.8) is 0 Å². The lowest BCUT2D eigenvalue weighted by molar-refractivity contribution is 0.0704. The smallest absolute Gasteiger partial charge is 0.273 e. The average Bonchev–Trinajstić information content (AvgIpc) is 2.99. The summed E-state index contributed by atoms with van der Waals surface area (Å²) in [6.07, 6.45) is 4.25. The molecule has 1 N–H and O–H groups in total. The molecule has 1 fully saturated rings. The first-order valence-corrected chi connectivity index (χ1v) is 8.39. The third kappa shape index (κ3) is 2.82. The van der Waals surface area contributed by atoms with E-state index < -0.39 is 0 Å². The molecule has 1 amide bonds. The first-order chi connectivity index (χ1) is 12.1. The molecule has 25 heavy (non-hydrogen) atoms. The number of carbonyl (C=O) groups excluding carboxylic acids is 1. The molecule has 7 nitrogen and oxygen atoms in total. The number of aryl methyl sites for hydroxylation is 1. The number of hydrogen-bond acceptors (Lipinski definition) is 4. The van der Waals surface area contributed by atoms with Crippen molar-refractivity contribution in [2.24, 2.45) is 7.05 Å². The Hall–Kier alpha value is -2.96. The molecule has 1 saturated heterocycles. The normalized spacial score (nSPS) is 15.6. The summed E-state index contributed by atoms with van der Waals surface area (Å²) in [6, 6.07) is 8.12. The van der Waals surface area contributed by atoms with E-state index in [9.17, 15) is 9.59 Å². The Bertz CT molecular complexity index is 962. The molecule has 1 aromatic carbocycles. The summed E-state index contributed by atoms with van der Waals surface area (Å²) in [4.78, 5) is 36.5. The fourth-order valence-corrected chi connectivity index (χ4v) is 3.49. The van der Waals surface area contributed by atoms with Crippen molar-refractivity contribution >= 4 is 16.9 Å². The van der Waals surface area contributed by atoms with Gasteiger partial charge in [0.25, 0.3) is 11.5 Å². The number of carbonyl (C=O) groups is 1. The lowest BCUT2D eigenvalue weighted by atomic mass is 9.95. The van der Waals surface area contributed by atoms with Crippen LogP contribution in [-0.2, 0) is 7.05 Å². The van der Waals surface area contributed by atoms with Crippen LogP contribution in [0.4, 0.5) is 0 Å². The largest absolute Gasteiger partial charge is 0.337 e. The number of imidazole rings is 1. The van der Waals surface area contributed by atoms with E-state index in [0.29, 0.717) is 19.0 Å². The van der Waals surface area contributed by atoms with Crippen LogP contribution in [-0.4, -0.2) is 43.4 Å². The van der Waals surface area contributed by atoms with Crippen LogP contribution in [0.15, 0.2) is 41.5 Å². The van der Waals surface area contributed by atoms with Crippen molar-refractivity contribution in [2.45, 2.75) is 18.8 Å². The standard InChI is InChI=1S/C18H19N5O2/c1-22-15-5-3-2-4-13(15)21-17(22)12-6-8-23(9-7-12)18(25)14-10-20-16(24)11-19-14/h2-5,10-12H,6-9H2,1H3,(H,20,24). The van der Waals surface area contributed by atoms with Gasteiger partial charge in [0.05, 0.1) is 17.2 Å². The molecule has 3 heterocycles. The van der Waals surface area contributed by atoms with Crippen molar-refractivity contribution in [3.8, 4) is 0 Å². The van der Waals surface area contributed by atoms with E-state index in [-0.39, 0.29) is 17.2 Å². The Morgan fingerprint density at radius 1 is 1.24 bits per heavy atom. The molecule has 1 aliphatic rings. The molecule has 2 aromatic heterocycles. The number of hydrogen-bond donors (Lipinski definition) is 1. The number of rotatable bonds is 2. The van der Waals surface area contributed by atoms with E-state index in [2.05, 4.69) is 20.6 Å². The summed E-state index contributed by atoms with van der Waals surface area (Å²) >= 11 is 0. The van der Waals surface area contributed by atoms with Crippen molar-refractivity contribution in [2.75, 3.05) is 13.1 Å². The van der Waals surface area contributed by atoms with E-state index in [0.717, 1.165) is 35.9 Å². The Kier molecular flexibility index (Phi) is 3.83. The molecule has 1 aliphatic heterocycles. The van der Waals surface area contributed by atoms with Crippen molar-refractivity contribution < 1.29 is 4.79 Å². The first-order valence-electron chi connectivity index (χ1n) is 8.39. The summed E-state index contributed by atoms with van der Waals surface area (Å²) in [5.41, 5.74) is 2.11. The molecule has 7 heteroatoms. The predicted molar refractivity (Wildman–Crippen MR) is 93.5 cm³/mol. The minimum Gasteiger partial charge on any atom is -0.337 e. The second-order valence-corrected chi connectivity index (χ2v) is 6.38. The van der Waals surface area contributed by atoms with E-state index >= 15 is 0 Å². The minimum atomic E-state index is -0.308. The number of likely N-dealkylation sites (tertiary alicyclic amines) is 1. The van der Waals surface area contributed by atoms with Gasteiger partial charge < -0.3 is 14.5 Å². The lowest BCUT2D eigenvalue weighted by Crippen LogP contribution is -2.39. The summed E-state index contributed by atoms with van der Waals surface area (Å²) < 4.78 is 2.15. The molecule has 0 radical (unpaired) electrons. The molecule has 3 aromatic rings. The number of nitrogens with zero attached hydrogens (tertiary/aromatic N) is 4. The highest BCUT2D eigenvalue weighted by Crippen LogP contribution is 2.29. The topological polar surface area (TPSA) is 83.9 Å². The summed E-state index contributed by atoms with van der Waals surface area (Å²) in [7, 11) is 2.05. The van der Waals surface area contributed by atoms with E-state index in [1.807, 2.05) is 25.2 Å². The zero-order valence-corrected chi connectivity index (χ0v) is 14.0. The summed E-state index contributed by atoms with van der Waals surface area (Å²) in [6.45, 7) is 1.32. The molecule has 0 spiro atoms. The van der Waals surface area contributed by atoms with Gasteiger partial charge in [-0.05, 0) is 25.0 Å². The van der Waals surface area contributed by atoms with Crippen LogP contribution < -0.4 is 5.56 Å². The number of benzene rings is 1. The zero-order valence-electron chi connectivity index (χ0n) is 14.0. The maximum absolute atomic E-state index is 12.5. The van der Waals surface area contributed by atoms with Gasteiger partial charge in [0, 0.05) is 32.3 Å². The molecule has 128 valence electrons. The monoisotopic (exact) mass is 337 g/mol. The van der Waals surface area contributed by atoms with Gasteiger partial charge in [0.15, 0.2) is 0 Å². The van der Waals surface area contributed by atoms with Crippen molar-refractivity contribution in [3.05, 3.63) is 58.5 Å². The third-order valence-electron chi connectivity index (χ3n) is 4.86. The fourth-order valence-electron chi connectivity index (χ4n) is 3.49.